The van der Waals surface area contributed by atoms with E-state index in [0.717, 1.165) is 0 Å². The molecule has 0 unspecified atom stereocenters. The predicted molar refractivity (Wildman–Crippen MR) is 93.8 cm³/mol. The zero-order valence-electron chi connectivity index (χ0n) is 13.5. The van der Waals surface area contributed by atoms with Crippen LogP contribution in [-0.2, 0) is 0 Å². The molecule has 0 atom stereocenters. The average molecular weight is 310 g/mol. The summed E-state index contributed by atoms with van der Waals surface area (Å²) in [7, 11) is 4.02. The summed E-state index contributed by atoms with van der Waals surface area (Å²) in [5.74, 6) is 0. The standard InChI is InChI=1S/C7H10N2.11H3N/c1-9(2)7-3-5-8-6-4-7;;;;;;;;;;;/h3-6H,1-2H3;11*1H3. The van der Waals surface area contributed by atoms with E-state index < -0.39 is 0 Å². The zero-order valence-corrected chi connectivity index (χ0v) is 13.5. The number of nitrogens with zero attached hydrogens (tertiary/aromatic N) is 2. The highest BCUT2D eigenvalue weighted by Crippen LogP contribution is 2.05. The number of hydrogen-bond acceptors (Lipinski definition) is 13. The molecule has 1 heterocycles. The van der Waals surface area contributed by atoms with E-state index in [1.54, 1.807) is 12.4 Å². The van der Waals surface area contributed by atoms with Crippen LogP contribution in [0.4, 0.5) is 5.69 Å². The first kappa shape index (κ1) is 101. The third kappa shape index (κ3) is 36.0. The van der Waals surface area contributed by atoms with Crippen LogP contribution in [0, 0.1) is 0 Å². The lowest BCUT2D eigenvalue weighted by molar-refractivity contribution is 1.12. The van der Waals surface area contributed by atoms with Gasteiger partial charge in [-0.1, -0.05) is 0 Å². The van der Waals surface area contributed by atoms with Gasteiger partial charge in [-0.25, -0.2) is 0 Å². The molecule has 0 radical (unpaired) electrons. The van der Waals surface area contributed by atoms with Crippen molar-refractivity contribution in [2.75, 3.05) is 19.0 Å². The van der Waals surface area contributed by atoms with Crippen LogP contribution in [0.2, 0.25) is 0 Å². The third-order valence-electron chi connectivity index (χ3n) is 1.18. The van der Waals surface area contributed by atoms with E-state index in [1.807, 2.05) is 31.1 Å². The Hall–Kier alpha value is -1.49. The van der Waals surface area contributed by atoms with Crippen LogP contribution in [0.3, 0.4) is 0 Å². The normalized spacial score (nSPS) is 4.10. The number of pyridine rings is 1. The molecule has 13 heteroatoms. The minimum atomic E-state index is 0. The second kappa shape index (κ2) is 52.8. The highest BCUT2D eigenvalue weighted by Gasteiger charge is 1.88. The Bertz CT molecular complexity index is 181. The lowest BCUT2D eigenvalue weighted by atomic mass is 10.4. The van der Waals surface area contributed by atoms with Gasteiger partial charge in [-0.3, -0.25) is 4.98 Å². The van der Waals surface area contributed by atoms with Gasteiger partial charge in [-0.05, 0) is 12.1 Å². The van der Waals surface area contributed by atoms with Crippen LogP contribution in [0.1, 0.15) is 0 Å². The summed E-state index contributed by atoms with van der Waals surface area (Å²) in [6, 6.07) is 3.94. The molecule has 0 fully saturated rings. The summed E-state index contributed by atoms with van der Waals surface area (Å²) >= 11 is 0. The van der Waals surface area contributed by atoms with Crippen molar-refractivity contribution in [3.05, 3.63) is 24.5 Å². The quantitative estimate of drug-likeness (QED) is 0.355. The van der Waals surface area contributed by atoms with Crippen LogP contribution in [0.15, 0.2) is 24.5 Å². The molecule has 1 aromatic rings. The van der Waals surface area contributed by atoms with Crippen LogP contribution < -0.4 is 72.6 Å². The Morgan fingerprint density at radius 2 is 0.850 bits per heavy atom. The average Bonchev–Trinajstić information content (AvgIpc) is 1.90. The van der Waals surface area contributed by atoms with Crippen molar-refractivity contribution in [1.82, 2.24) is 72.6 Å². The molecule has 0 saturated carbocycles. The van der Waals surface area contributed by atoms with Crippen LogP contribution >= 0.6 is 0 Å². The van der Waals surface area contributed by atoms with E-state index in [1.165, 1.54) is 5.69 Å². The van der Waals surface area contributed by atoms with Crippen molar-refractivity contribution in [2.45, 2.75) is 0 Å². The molecular weight excluding hydrogens is 266 g/mol. The van der Waals surface area contributed by atoms with Gasteiger partial charge in [-0.15, -0.1) is 0 Å². The van der Waals surface area contributed by atoms with Gasteiger partial charge in [-0.2, -0.15) is 0 Å². The molecule has 0 amide bonds. The predicted octanol–water partition coefficient (Wildman–Crippen LogP) is 2.93. The summed E-state index contributed by atoms with van der Waals surface area (Å²) in [5, 5.41) is 0. The third-order valence-corrected chi connectivity index (χ3v) is 1.18. The molecule has 0 spiro atoms. The molecule has 0 aromatic carbocycles. The molecule has 0 saturated heterocycles. The molecule has 13 nitrogen and oxygen atoms in total. The van der Waals surface area contributed by atoms with Crippen molar-refractivity contribution in [3.8, 4) is 0 Å². The van der Waals surface area contributed by atoms with Crippen LogP contribution in [-0.4, -0.2) is 19.1 Å². The van der Waals surface area contributed by atoms with E-state index >= 15 is 0 Å². The molecular formula is C7H43N13. The number of rotatable bonds is 1. The van der Waals surface area contributed by atoms with E-state index in [2.05, 4.69) is 4.98 Å². The van der Waals surface area contributed by atoms with Crippen LogP contribution in [0.25, 0.3) is 0 Å². The SMILES string of the molecule is CN(C)c1ccncc1.N.N.N.N.N.N.N.N.N.N.N. The van der Waals surface area contributed by atoms with Gasteiger partial charge in [0.25, 0.3) is 0 Å². The van der Waals surface area contributed by atoms with Gasteiger partial charge < -0.3 is 72.6 Å². The molecule has 0 aliphatic heterocycles. The van der Waals surface area contributed by atoms with Crippen molar-refractivity contribution in [1.29, 1.82) is 0 Å². The van der Waals surface area contributed by atoms with E-state index in [0.29, 0.717) is 0 Å². The Morgan fingerprint density at radius 3 is 1.00 bits per heavy atom. The van der Waals surface area contributed by atoms with Crippen LogP contribution in [0.5, 0.6) is 0 Å². The second-order valence-corrected chi connectivity index (χ2v) is 2.10. The van der Waals surface area contributed by atoms with Gasteiger partial charge in [0.05, 0.1) is 0 Å². The van der Waals surface area contributed by atoms with Gasteiger partial charge >= 0.3 is 0 Å². The first-order chi connectivity index (χ1) is 4.30. The molecule has 0 aliphatic rings. The maximum Gasteiger partial charge on any atom is 0.0391 e. The Balaban J connectivity index is -0.00000000818. The Kier molecular flexibility index (Phi) is 266. The Morgan fingerprint density at radius 1 is 0.600 bits per heavy atom. The molecule has 136 valence electrons. The molecule has 20 heavy (non-hydrogen) atoms. The number of anilines is 1. The maximum absolute atomic E-state index is 3.90. The lowest BCUT2D eigenvalue weighted by Crippen LogP contribution is -2.07. The minimum absolute atomic E-state index is 0. The molecule has 0 aliphatic carbocycles. The van der Waals surface area contributed by atoms with E-state index in [-0.39, 0.29) is 67.7 Å². The molecule has 1 aromatic heterocycles. The summed E-state index contributed by atoms with van der Waals surface area (Å²) < 4.78 is 0. The monoisotopic (exact) mass is 309 g/mol. The maximum atomic E-state index is 3.90. The van der Waals surface area contributed by atoms with Crippen molar-refractivity contribution >= 4 is 5.69 Å². The first-order valence-electron chi connectivity index (χ1n) is 2.88. The number of hydrogen-bond donors (Lipinski definition) is 11. The second-order valence-electron chi connectivity index (χ2n) is 2.10. The molecule has 33 N–H and O–H groups in total. The highest BCUT2D eigenvalue weighted by molar-refractivity contribution is 5.42. The summed E-state index contributed by atoms with van der Waals surface area (Å²) in [5.41, 5.74) is 1.19. The summed E-state index contributed by atoms with van der Waals surface area (Å²) in [4.78, 5) is 5.94. The van der Waals surface area contributed by atoms with E-state index in [4.69, 9.17) is 0 Å². The summed E-state index contributed by atoms with van der Waals surface area (Å²) in [6.45, 7) is 0. The van der Waals surface area contributed by atoms with Gasteiger partial charge in [0.15, 0.2) is 0 Å². The zero-order chi connectivity index (χ0) is 6.69. The fourth-order valence-electron chi connectivity index (χ4n) is 0.642. The van der Waals surface area contributed by atoms with Crippen molar-refractivity contribution in [3.63, 3.8) is 0 Å². The molecule has 1 rings (SSSR count). The smallest absolute Gasteiger partial charge is 0.0391 e. The fraction of sp³-hybridized carbons (Fsp3) is 0.286. The molecule has 0 bridgehead atoms. The highest BCUT2D eigenvalue weighted by atomic mass is 15.1. The minimum Gasteiger partial charge on any atom is -0.378 e. The van der Waals surface area contributed by atoms with Crippen molar-refractivity contribution < 1.29 is 0 Å². The number of aromatic nitrogens is 1. The van der Waals surface area contributed by atoms with Crippen molar-refractivity contribution in [2.24, 2.45) is 0 Å². The summed E-state index contributed by atoms with van der Waals surface area (Å²) in [6.07, 6.45) is 3.57. The fourth-order valence-corrected chi connectivity index (χ4v) is 0.642. The topological polar surface area (TPSA) is 401 Å². The van der Waals surface area contributed by atoms with Gasteiger partial charge in [0.2, 0.25) is 0 Å². The Labute approximate surface area is 123 Å². The van der Waals surface area contributed by atoms with E-state index in [9.17, 15) is 0 Å². The van der Waals surface area contributed by atoms with Gasteiger partial charge in [0.1, 0.15) is 0 Å². The first-order valence-corrected chi connectivity index (χ1v) is 2.88. The largest absolute Gasteiger partial charge is 0.378 e. The van der Waals surface area contributed by atoms with Gasteiger partial charge in [0, 0.05) is 32.2 Å². The lowest BCUT2D eigenvalue weighted by Gasteiger charge is -2.10.